The van der Waals surface area contributed by atoms with E-state index < -0.39 is 5.97 Å². The Morgan fingerprint density at radius 2 is 1.58 bits per heavy atom. The zero-order valence-corrected chi connectivity index (χ0v) is 14.0. The third-order valence-electron chi connectivity index (χ3n) is 3.59. The largest absolute Gasteiger partial charge is 0.491 e. The number of rotatable bonds is 6. The number of anilines is 1. The first-order valence-corrected chi connectivity index (χ1v) is 7.80. The molecule has 0 heterocycles. The second kappa shape index (κ2) is 8.15. The molecule has 0 fully saturated rings. The maximum atomic E-state index is 12.2. The van der Waals surface area contributed by atoms with Crippen LogP contribution in [0.4, 0.5) is 5.69 Å². The van der Waals surface area contributed by atoms with E-state index in [2.05, 4.69) is 17.0 Å². The fourth-order valence-corrected chi connectivity index (χ4v) is 2.01. The van der Waals surface area contributed by atoms with Crippen LogP contribution >= 0.6 is 0 Å². The summed E-state index contributed by atoms with van der Waals surface area (Å²) in [6, 6.07) is 13.5. The molecule has 0 aliphatic carbocycles. The molecule has 0 aliphatic rings. The molecule has 24 heavy (non-hydrogen) atoms. The number of carbonyl (C=O) groups is 2. The lowest BCUT2D eigenvalue weighted by molar-refractivity contribution is 0.0600. The van der Waals surface area contributed by atoms with Gasteiger partial charge in [0, 0.05) is 11.3 Å². The van der Waals surface area contributed by atoms with Crippen LogP contribution in [-0.4, -0.2) is 25.1 Å². The molecule has 1 unspecified atom stereocenters. The highest BCUT2D eigenvalue weighted by Crippen LogP contribution is 2.17. The highest BCUT2D eigenvalue weighted by atomic mass is 16.5. The first-order valence-electron chi connectivity index (χ1n) is 7.80. The number of methoxy groups -OCH3 is 1. The summed E-state index contributed by atoms with van der Waals surface area (Å²) in [4.78, 5) is 23.6. The third kappa shape index (κ3) is 4.59. The molecular weight excluding hydrogens is 306 g/mol. The van der Waals surface area contributed by atoms with Crippen molar-refractivity contribution in [3.63, 3.8) is 0 Å². The Hall–Kier alpha value is -2.82. The van der Waals surface area contributed by atoms with E-state index in [1.54, 1.807) is 48.5 Å². The van der Waals surface area contributed by atoms with Crippen molar-refractivity contribution in [2.45, 2.75) is 26.4 Å². The first kappa shape index (κ1) is 17.5. The van der Waals surface area contributed by atoms with E-state index in [1.165, 1.54) is 7.11 Å². The minimum Gasteiger partial charge on any atom is -0.491 e. The number of nitrogens with one attached hydrogen (secondary N) is 1. The Morgan fingerprint density at radius 3 is 2.12 bits per heavy atom. The van der Waals surface area contributed by atoms with Gasteiger partial charge < -0.3 is 14.8 Å². The summed E-state index contributed by atoms with van der Waals surface area (Å²) < 4.78 is 10.3. The average Bonchev–Trinajstić information content (AvgIpc) is 2.62. The second-order valence-corrected chi connectivity index (χ2v) is 5.38. The van der Waals surface area contributed by atoms with Gasteiger partial charge in [0.15, 0.2) is 0 Å². The van der Waals surface area contributed by atoms with Crippen LogP contribution in [0.3, 0.4) is 0 Å². The summed E-state index contributed by atoms with van der Waals surface area (Å²) in [5.74, 6) is 0.101. The Balaban J connectivity index is 2.00. The first-order chi connectivity index (χ1) is 11.5. The molecule has 0 saturated carbocycles. The second-order valence-electron chi connectivity index (χ2n) is 5.38. The lowest BCUT2D eigenvalue weighted by atomic mass is 10.1. The maximum Gasteiger partial charge on any atom is 0.337 e. The summed E-state index contributed by atoms with van der Waals surface area (Å²) in [6.07, 6.45) is 1.06. The van der Waals surface area contributed by atoms with Gasteiger partial charge in [-0.2, -0.15) is 0 Å². The predicted molar refractivity (Wildman–Crippen MR) is 92.6 cm³/mol. The molecule has 1 N–H and O–H groups in total. The standard InChI is InChI=1S/C19H21NO4/c1-4-13(2)24-17-11-7-14(8-12-17)18(21)20-16-9-5-15(6-10-16)19(22)23-3/h5-13H,4H2,1-3H3,(H,20,21). The van der Waals surface area contributed by atoms with Crippen molar-refractivity contribution in [3.8, 4) is 5.75 Å². The van der Waals surface area contributed by atoms with Crippen LogP contribution in [0.25, 0.3) is 0 Å². The van der Waals surface area contributed by atoms with Gasteiger partial charge in [-0.1, -0.05) is 6.92 Å². The molecule has 126 valence electrons. The summed E-state index contributed by atoms with van der Waals surface area (Å²) in [6.45, 7) is 4.05. The smallest absolute Gasteiger partial charge is 0.337 e. The number of hydrogen-bond acceptors (Lipinski definition) is 4. The van der Waals surface area contributed by atoms with Gasteiger partial charge in [-0.3, -0.25) is 4.79 Å². The van der Waals surface area contributed by atoms with Gasteiger partial charge in [0.05, 0.1) is 18.8 Å². The van der Waals surface area contributed by atoms with E-state index in [4.69, 9.17) is 4.74 Å². The van der Waals surface area contributed by atoms with Gasteiger partial charge in [0.2, 0.25) is 0 Å². The van der Waals surface area contributed by atoms with Gasteiger partial charge in [-0.15, -0.1) is 0 Å². The maximum absolute atomic E-state index is 12.2. The van der Waals surface area contributed by atoms with Crippen molar-refractivity contribution >= 4 is 17.6 Å². The van der Waals surface area contributed by atoms with Crippen molar-refractivity contribution in [1.29, 1.82) is 0 Å². The SMILES string of the molecule is CCC(C)Oc1ccc(C(=O)Nc2ccc(C(=O)OC)cc2)cc1. The normalized spacial score (nSPS) is 11.5. The van der Waals surface area contributed by atoms with Crippen LogP contribution in [0.5, 0.6) is 5.75 Å². The van der Waals surface area contributed by atoms with Crippen molar-refractivity contribution in [3.05, 3.63) is 59.7 Å². The summed E-state index contributed by atoms with van der Waals surface area (Å²) in [7, 11) is 1.33. The molecule has 5 nitrogen and oxygen atoms in total. The van der Waals surface area contributed by atoms with Gasteiger partial charge in [-0.05, 0) is 61.9 Å². The zero-order valence-electron chi connectivity index (χ0n) is 14.0. The molecule has 2 aromatic rings. The van der Waals surface area contributed by atoms with E-state index in [1.807, 2.05) is 6.92 Å². The van der Waals surface area contributed by atoms with Crippen molar-refractivity contribution in [2.24, 2.45) is 0 Å². The molecule has 0 radical (unpaired) electrons. The van der Waals surface area contributed by atoms with E-state index in [0.717, 1.165) is 12.2 Å². The van der Waals surface area contributed by atoms with E-state index in [-0.39, 0.29) is 12.0 Å². The summed E-state index contributed by atoms with van der Waals surface area (Å²) >= 11 is 0. The Kier molecular flexibility index (Phi) is 5.95. The topological polar surface area (TPSA) is 64.6 Å². The van der Waals surface area contributed by atoms with Crippen LogP contribution < -0.4 is 10.1 Å². The van der Waals surface area contributed by atoms with Gasteiger partial charge in [0.25, 0.3) is 5.91 Å². The van der Waals surface area contributed by atoms with Crippen LogP contribution in [0.1, 0.15) is 41.0 Å². The Labute approximate surface area is 141 Å². The van der Waals surface area contributed by atoms with Gasteiger partial charge in [-0.25, -0.2) is 4.79 Å². The molecule has 0 spiro atoms. The molecule has 0 aliphatic heterocycles. The number of benzene rings is 2. The molecule has 2 rings (SSSR count). The molecular formula is C19H21NO4. The van der Waals surface area contributed by atoms with E-state index in [0.29, 0.717) is 16.8 Å². The molecule has 0 saturated heterocycles. The predicted octanol–water partition coefficient (Wildman–Crippen LogP) is 3.90. The van der Waals surface area contributed by atoms with Crippen LogP contribution in [0, 0.1) is 0 Å². The number of esters is 1. The number of amides is 1. The fraction of sp³-hybridized carbons (Fsp3) is 0.263. The van der Waals surface area contributed by atoms with Gasteiger partial charge >= 0.3 is 5.97 Å². The summed E-state index contributed by atoms with van der Waals surface area (Å²) in [5, 5.41) is 2.78. The minimum atomic E-state index is -0.412. The van der Waals surface area contributed by atoms with Crippen LogP contribution in [-0.2, 0) is 4.74 Å². The van der Waals surface area contributed by atoms with Gasteiger partial charge in [0.1, 0.15) is 5.75 Å². The molecule has 5 heteroatoms. The zero-order chi connectivity index (χ0) is 17.5. The average molecular weight is 327 g/mol. The quantitative estimate of drug-likeness (QED) is 0.817. The number of ether oxygens (including phenoxy) is 2. The fourth-order valence-electron chi connectivity index (χ4n) is 2.01. The van der Waals surface area contributed by atoms with Crippen LogP contribution in [0.2, 0.25) is 0 Å². The lowest BCUT2D eigenvalue weighted by Crippen LogP contribution is -2.13. The molecule has 2 aromatic carbocycles. The third-order valence-corrected chi connectivity index (χ3v) is 3.59. The van der Waals surface area contributed by atoms with E-state index >= 15 is 0 Å². The van der Waals surface area contributed by atoms with Crippen LogP contribution in [0.15, 0.2) is 48.5 Å². The molecule has 0 aromatic heterocycles. The van der Waals surface area contributed by atoms with Crippen molar-refractivity contribution < 1.29 is 19.1 Å². The minimum absolute atomic E-state index is 0.137. The Bertz CT molecular complexity index is 692. The lowest BCUT2D eigenvalue weighted by Gasteiger charge is -2.12. The van der Waals surface area contributed by atoms with E-state index in [9.17, 15) is 9.59 Å². The number of carbonyl (C=O) groups excluding carboxylic acids is 2. The van der Waals surface area contributed by atoms with Crippen molar-refractivity contribution in [2.75, 3.05) is 12.4 Å². The highest BCUT2D eigenvalue weighted by molar-refractivity contribution is 6.04. The summed E-state index contributed by atoms with van der Waals surface area (Å²) in [5.41, 5.74) is 1.57. The molecule has 1 atom stereocenters. The molecule has 0 bridgehead atoms. The number of hydrogen-bond donors (Lipinski definition) is 1. The molecule has 1 amide bonds. The highest BCUT2D eigenvalue weighted by Gasteiger charge is 2.09. The Morgan fingerprint density at radius 1 is 1.00 bits per heavy atom. The van der Waals surface area contributed by atoms with Crippen molar-refractivity contribution in [1.82, 2.24) is 0 Å². The monoisotopic (exact) mass is 327 g/mol.